The molecule has 0 fully saturated rings. The summed E-state index contributed by atoms with van der Waals surface area (Å²) in [7, 11) is -2.67. The Hall–Kier alpha value is -2.81. The SMILES string of the molecule is CC/C=C\C/C=C\C/C=C\C/C=C\C/C=C\CCCCCC(=O)OC(COC(=O)CCCCCCCCCCC/C=C\C/C=C\CCCCC)COP(=O)(O)OCCNC. The van der Waals surface area contributed by atoms with Gasteiger partial charge in [-0.05, 0) is 96.9 Å². The standard InChI is InChI=1S/C50H86NO8P/c1-4-6-8-10-12-14-16-18-20-22-24-26-28-30-32-34-36-38-40-42-49(52)56-46-48(47-58-60(54,55)57-45-44-51-3)59-50(53)43-41-39-37-35-33-31-29-27-25-23-21-19-17-15-13-11-9-7-5-2/h7,9,12-15,18-21,25,27,31,33,48,51H,4-6,8,10-11,16-17,22-24,26,28-30,32,34-47H2,1-3H3,(H,54,55)/b9-7-,14-12-,15-13-,20-18-,21-19-,27-25-,33-31-. The molecule has 60 heavy (non-hydrogen) atoms. The third kappa shape index (κ3) is 44.7. The van der Waals surface area contributed by atoms with Crippen LogP contribution in [0.25, 0.3) is 0 Å². The molecule has 0 aliphatic rings. The van der Waals surface area contributed by atoms with Crippen molar-refractivity contribution < 1.29 is 37.6 Å². The van der Waals surface area contributed by atoms with E-state index in [1.54, 1.807) is 7.05 Å². The summed E-state index contributed by atoms with van der Waals surface area (Å²) in [6.45, 7) is 4.04. The van der Waals surface area contributed by atoms with Gasteiger partial charge in [-0.15, -0.1) is 0 Å². The Morgan fingerprint density at radius 1 is 0.533 bits per heavy atom. The highest BCUT2D eigenvalue weighted by Gasteiger charge is 2.26. The average Bonchev–Trinajstić information content (AvgIpc) is 3.23. The second-order valence-electron chi connectivity index (χ2n) is 15.2. The topological polar surface area (TPSA) is 120 Å². The van der Waals surface area contributed by atoms with Gasteiger partial charge in [0.05, 0.1) is 13.2 Å². The van der Waals surface area contributed by atoms with Crippen LogP contribution in [0.4, 0.5) is 0 Å². The molecule has 0 aromatic heterocycles. The van der Waals surface area contributed by atoms with Crippen LogP contribution < -0.4 is 5.32 Å². The van der Waals surface area contributed by atoms with Crippen molar-refractivity contribution in [1.82, 2.24) is 5.32 Å². The third-order valence-electron chi connectivity index (χ3n) is 9.50. The number of unbranched alkanes of at least 4 members (excludes halogenated alkanes) is 15. The van der Waals surface area contributed by atoms with Gasteiger partial charge in [-0.2, -0.15) is 0 Å². The molecular formula is C50H86NO8P. The van der Waals surface area contributed by atoms with E-state index < -0.39 is 26.5 Å². The van der Waals surface area contributed by atoms with Crippen molar-refractivity contribution in [2.24, 2.45) is 0 Å². The molecule has 2 N–H and O–H groups in total. The van der Waals surface area contributed by atoms with Gasteiger partial charge in [0.2, 0.25) is 0 Å². The smallest absolute Gasteiger partial charge is 0.462 e. The first-order valence-corrected chi connectivity index (χ1v) is 25.0. The van der Waals surface area contributed by atoms with Crippen molar-refractivity contribution in [1.29, 1.82) is 0 Å². The van der Waals surface area contributed by atoms with Crippen molar-refractivity contribution in [3.8, 4) is 0 Å². The molecule has 0 rings (SSSR count). The monoisotopic (exact) mass is 860 g/mol. The minimum atomic E-state index is -4.37. The molecule has 2 atom stereocenters. The Balaban J connectivity index is 4.26. The van der Waals surface area contributed by atoms with Crippen LogP contribution in [0.2, 0.25) is 0 Å². The molecule has 9 nitrogen and oxygen atoms in total. The van der Waals surface area contributed by atoms with Crippen LogP contribution in [0.1, 0.15) is 181 Å². The fourth-order valence-electron chi connectivity index (χ4n) is 5.96. The lowest BCUT2D eigenvalue weighted by Gasteiger charge is -2.20. The van der Waals surface area contributed by atoms with Crippen molar-refractivity contribution in [3.05, 3.63) is 85.1 Å². The number of hydrogen-bond donors (Lipinski definition) is 2. The van der Waals surface area contributed by atoms with Gasteiger partial charge in [0.25, 0.3) is 0 Å². The van der Waals surface area contributed by atoms with Crippen LogP contribution >= 0.6 is 7.82 Å². The number of nitrogens with one attached hydrogen (secondary N) is 1. The summed E-state index contributed by atoms with van der Waals surface area (Å²) in [5, 5.41) is 2.82. The Kier molecular flexibility index (Phi) is 43.6. The second-order valence-corrected chi connectivity index (χ2v) is 16.7. The quantitative estimate of drug-likeness (QED) is 0.0267. The molecule has 0 aliphatic heterocycles. The van der Waals surface area contributed by atoms with Gasteiger partial charge in [0.15, 0.2) is 6.10 Å². The summed E-state index contributed by atoms with van der Waals surface area (Å²) < 4.78 is 33.2. The number of likely N-dealkylation sites (N-methyl/N-ethyl adjacent to an activating group) is 1. The first-order valence-electron chi connectivity index (χ1n) is 23.5. The highest BCUT2D eigenvalue weighted by molar-refractivity contribution is 7.47. The molecule has 2 unspecified atom stereocenters. The van der Waals surface area contributed by atoms with Gasteiger partial charge in [-0.3, -0.25) is 18.6 Å². The van der Waals surface area contributed by atoms with Gasteiger partial charge >= 0.3 is 19.8 Å². The molecule has 0 amide bonds. The Morgan fingerprint density at radius 3 is 1.43 bits per heavy atom. The number of carbonyl (C=O) groups excluding carboxylic acids is 2. The van der Waals surface area contributed by atoms with E-state index in [1.165, 1.54) is 57.8 Å². The number of phosphoric acid groups is 1. The van der Waals surface area contributed by atoms with Crippen molar-refractivity contribution >= 4 is 19.8 Å². The average molecular weight is 860 g/mol. The Bertz CT molecular complexity index is 1250. The molecule has 0 aromatic carbocycles. The van der Waals surface area contributed by atoms with Crippen LogP contribution in [-0.4, -0.2) is 56.3 Å². The Labute approximate surface area is 366 Å². The number of phosphoric ester groups is 1. The minimum Gasteiger partial charge on any atom is -0.462 e. The summed E-state index contributed by atoms with van der Waals surface area (Å²) in [6.07, 6.45) is 56.2. The predicted molar refractivity (Wildman–Crippen MR) is 252 cm³/mol. The molecule has 0 saturated heterocycles. The lowest BCUT2D eigenvalue weighted by atomic mass is 10.1. The van der Waals surface area contributed by atoms with Crippen LogP contribution in [0, 0.1) is 0 Å². The molecule has 0 heterocycles. The van der Waals surface area contributed by atoms with E-state index in [0.29, 0.717) is 13.0 Å². The second kappa shape index (κ2) is 45.7. The minimum absolute atomic E-state index is 0.0289. The van der Waals surface area contributed by atoms with Crippen LogP contribution in [0.5, 0.6) is 0 Å². The first kappa shape index (κ1) is 57.2. The van der Waals surface area contributed by atoms with E-state index in [9.17, 15) is 19.0 Å². The van der Waals surface area contributed by atoms with Crippen LogP contribution in [0.15, 0.2) is 85.1 Å². The molecule has 0 saturated carbocycles. The molecule has 0 aromatic rings. The molecular weight excluding hydrogens is 774 g/mol. The summed E-state index contributed by atoms with van der Waals surface area (Å²) in [5.41, 5.74) is 0. The highest BCUT2D eigenvalue weighted by atomic mass is 31.2. The maximum atomic E-state index is 12.7. The highest BCUT2D eigenvalue weighted by Crippen LogP contribution is 2.43. The van der Waals surface area contributed by atoms with E-state index in [4.69, 9.17) is 18.5 Å². The van der Waals surface area contributed by atoms with Crippen molar-refractivity contribution in [2.45, 2.75) is 187 Å². The zero-order chi connectivity index (χ0) is 43.9. The zero-order valence-corrected chi connectivity index (χ0v) is 39.0. The number of esters is 2. The lowest BCUT2D eigenvalue weighted by molar-refractivity contribution is -0.161. The van der Waals surface area contributed by atoms with E-state index in [0.717, 1.165) is 89.9 Å². The van der Waals surface area contributed by atoms with Crippen LogP contribution in [-0.2, 0) is 32.7 Å². The van der Waals surface area contributed by atoms with Crippen LogP contribution in [0.3, 0.4) is 0 Å². The largest absolute Gasteiger partial charge is 0.472 e. The van der Waals surface area contributed by atoms with Crippen molar-refractivity contribution in [3.63, 3.8) is 0 Å². The number of ether oxygens (including phenoxy) is 2. The van der Waals surface area contributed by atoms with Gasteiger partial charge in [-0.25, -0.2) is 4.57 Å². The molecule has 344 valence electrons. The third-order valence-corrected chi connectivity index (χ3v) is 10.5. The normalized spacial score (nSPS) is 14.0. The molecule has 10 heteroatoms. The van der Waals surface area contributed by atoms with Gasteiger partial charge in [0.1, 0.15) is 6.61 Å². The van der Waals surface area contributed by atoms with E-state index in [1.807, 2.05) is 0 Å². The summed E-state index contributed by atoms with van der Waals surface area (Å²) in [4.78, 5) is 35.2. The first-order chi connectivity index (χ1) is 29.3. The maximum Gasteiger partial charge on any atom is 0.472 e. The molecule has 0 bridgehead atoms. The lowest BCUT2D eigenvalue weighted by Crippen LogP contribution is -2.29. The summed E-state index contributed by atoms with van der Waals surface area (Å²) in [6, 6.07) is 0. The Morgan fingerprint density at radius 2 is 0.950 bits per heavy atom. The molecule has 0 radical (unpaired) electrons. The number of rotatable bonds is 43. The van der Waals surface area contributed by atoms with Gasteiger partial charge in [0, 0.05) is 19.4 Å². The zero-order valence-electron chi connectivity index (χ0n) is 38.1. The summed E-state index contributed by atoms with van der Waals surface area (Å²) in [5.74, 6) is -0.854. The van der Waals surface area contributed by atoms with E-state index >= 15 is 0 Å². The van der Waals surface area contributed by atoms with Crippen molar-refractivity contribution in [2.75, 3.05) is 33.4 Å². The summed E-state index contributed by atoms with van der Waals surface area (Å²) >= 11 is 0. The predicted octanol–water partition coefficient (Wildman–Crippen LogP) is 13.9. The fourth-order valence-corrected chi connectivity index (χ4v) is 6.71. The number of allylic oxidation sites excluding steroid dienone is 14. The number of hydrogen-bond acceptors (Lipinski definition) is 8. The van der Waals surface area contributed by atoms with E-state index in [2.05, 4.69) is 104 Å². The molecule has 0 spiro atoms. The number of carbonyl (C=O) groups is 2. The fraction of sp³-hybridized carbons (Fsp3) is 0.680. The maximum absolute atomic E-state index is 12.7. The van der Waals surface area contributed by atoms with E-state index in [-0.39, 0.29) is 32.0 Å². The van der Waals surface area contributed by atoms with Gasteiger partial charge in [-0.1, -0.05) is 163 Å². The molecule has 0 aliphatic carbocycles. The van der Waals surface area contributed by atoms with Gasteiger partial charge < -0.3 is 19.7 Å².